The number of hydrogen-bond donors (Lipinski definition) is 1. The van der Waals surface area contributed by atoms with Gasteiger partial charge in [0.1, 0.15) is 5.82 Å². The van der Waals surface area contributed by atoms with Gasteiger partial charge < -0.3 is 0 Å². The summed E-state index contributed by atoms with van der Waals surface area (Å²) in [6, 6.07) is 6.05. The summed E-state index contributed by atoms with van der Waals surface area (Å²) in [5.74, 6) is -0.229. The molecule has 1 aromatic carbocycles. The molecule has 0 spiro atoms. The van der Waals surface area contributed by atoms with Gasteiger partial charge in [-0.05, 0) is 36.2 Å². The summed E-state index contributed by atoms with van der Waals surface area (Å²) in [5.41, 5.74) is 0. The zero-order chi connectivity index (χ0) is 6.69. The van der Waals surface area contributed by atoms with E-state index in [1.807, 2.05) is 0 Å². The van der Waals surface area contributed by atoms with Crippen molar-refractivity contribution in [1.29, 1.82) is 0 Å². The predicted octanol–water partition coefficient (Wildman–Crippen LogP) is 1.79. The van der Waals surface area contributed by atoms with Gasteiger partial charge in [-0.1, -0.05) is 0 Å². The van der Waals surface area contributed by atoms with E-state index in [1.165, 1.54) is 12.1 Å². The van der Waals surface area contributed by atoms with Crippen LogP contribution in [0.25, 0.3) is 0 Å². The molecule has 0 amide bonds. The molecule has 0 unspecified atom stereocenters. The number of rotatable bonds is 1. The highest BCUT2D eigenvalue weighted by Crippen LogP contribution is 2.10. The molecule has 1 nitrogen and oxygen atoms in total. The lowest BCUT2D eigenvalue weighted by atomic mass is 10.4. The first kappa shape index (κ1) is 6.58. The van der Waals surface area contributed by atoms with Crippen molar-refractivity contribution in [3.63, 3.8) is 0 Å². The highest BCUT2D eigenvalue weighted by molar-refractivity contribution is 7.97. The van der Waals surface area contributed by atoms with E-state index in [-0.39, 0.29) is 5.82 Å². The fraction of sp³-hybridized carbons (Fsp3) is 0. The fourth-order valence-electron chi connectivity index (χ4n) is 0.513. The molecule has 0 saturated heterocycles. The minimum Gasteiger partial charge on any atom is -0.274 e. The van der Waals surface area contributed by atoms with Crippen LogP contribution in [0.2, 0.25) is 0 Å². The highest BCUT2D eigenvalue weighted by Gasteiger charge is 1.88. The summed E-state index contributed by atoms with van der Waals surface area (Å²) in [6.45, 7) is 0. The maximum atomic E-state index is 12.2. The first-order valence-electron chi connectivity index (χ1n) is 2.45. The Kier molecular flexibility index (Phi) is 2.08. The molecule has 1 rings (SSSR count). The van der Waals surface area contributed by atoms with Crippen molar-refractivity contribution in [3.8, 4) is 0 Å². The van der Waals surface area contributed by atoms with Gasteiger partial charge in [0.15, 0.2) is 0 Å². The topological polar surface area (TPSA) is 26.0 Å². The number of nitrogens with two attached hydrogens (primary N) is 1. The molecule has 0 radical (unpaired) electrons. The Hall–Kier alpha value is -0.540. The largest absolute Gasteiger partial charge is 0.274 e. The van der Waals surface area contributed by atoms with E-state index in [0.29, 0.717) is 0 Å². The Balaban J connectivity index is 2.88. The summed E-state index contributed by atoms with van der Waals surface area (Å²) in [5, 5.41) is 5.19. The molecule has 9 heavy (non-hydrogen) atoms. The molecule has 48 valence electrons. The number of benzene rings is 1. The molecule has 2 N–H and O–H groups in total. The van der Waals surface area contributed by atoms with Crippen LogP contribution < -0.4 is 5.14 Å². The van der Waals surface area contributed by atoms with Gasteiger partial charge in [-0.15, -0.1) is 0 Å². The van der Waals surface area contributed by atoms with Crippen molar-refractivity contribution in [3.05, 3.63) is 30.1 Å². The van der Waals surface area contributed by atoms with E-state index in [1.54, 1.807) is 12.1 Å². The van der Waals surface area contributed by atoms with Crippen LogP contribution in [0.15, 0.2) is 29.2 Å². The van der Waals surface area contributed by atoms with Crippen LogP contribution in [0, 0.1) is 5.82 Å². The minimum atomic E-state index is -0.229. The van der Waals surface area contributed by atoms with E-state index in [9.17, 15) is 4.39 Å². The summed E-state index contributed by atoms with van der Waals surface area (Å²) in [6.07, 6.45) is 0. The van der Waals surface area contributed by atoms with E-state index in [0.717, 1.165) is 16.8 Å². The molecule has 0 aliphatic carbocycles. The molecule has 0 bridgehead atoms. The summed E-state index contributed by atoms with van der Waals surface area (Å²) < 4.78 is 12.2. The molecular weight excluding hydrogens is 137 g/mol. The van der Waals surface area contributed by atoms with Gasteiger partial charge in [-0.25, -0.2) is 4.39 Å². The third-order valence-electron chi connectivity index (χ3n) is 0.950. The normalized spacial score (nSPS) is 9.56. The molecule has 0 saturated carbocycles. The van der Waals surface area contributed by atoms with Crippen LogP contribution in [0.5, 0.6) is 0 Å². The van der Waals surface area contributed by atoms with Crippen LogP contribution >= 0.6 is 11.9 Å². The van der Waals surface area contributed by atoms with Gasteiger partial charge >= 0.3 is 0 Å². The first-order chi connectivity index (χ1) is 4.33. The number of hydrogen-bond acceptors (Lipinski definition) is 2. The Morgan fingerprint density at radius 2 is 1.78 bits per heavy atom. The lowest BCUT2D eigenvalue weighted by molar-refractivity contribution is 0.626. The molecular formula is C6H6FNS. The highest BCUT2D eigenvalue weighted by atomic mass is 32.2. The Morgan fingerprint density at radius 3 is 2.22 bits per heavy atom. The first-order valence-corrected chi connectivity index (χ1v) is 3.33. The summed E-state index contributed by atoms with van der Waals surface area (Å²) in [4.78, 5) is 0.872. The molecule has 1 aromatic rings. The predicted molar refractivity (Wildman–Crippen MR) is 36.4 cm³/mol. The third-order valence-corrected chi connectivity index (χ3v) is 1.49. The molecule has 3 heteroatoms. The van der Waals surface area contributed by atoms with Crippen molar-refractivity contribution in [2.24, 2.45) is 5.14 Å². The standard InChI is InChI=1S/C6H6FNS/c7-5-1-3-6(9-8)4-2-5/h1-4H,8H2. The maximum absolute atomic E-state index is 12.2. The van der Waals surface area contributed by atoms with Crippen molar-refractivity contribution < 1.29 is 4.39 Å². The average Bonchev–Trinajstić information content (AvgIpc) is 1.90. The number of halogens is 1. The monoisotopic (exact) mass is 143 g/mol. The Bertz CT molecular complexity index is 185. The van der Waals surface area contributed by atoms with Gasteiger partial charge in [-0.2, -0.15) is 0 Å². The van der Waals surface area contributed by atoms with Crippen LogP contribution in [-0.2, 0) is 0 Å². The summed E-state index contributed by atoms with van der Waals surface area (Å²) in [7, 11) is 0. The van der Waals surface area contributed by atoms with Gasteiger partial charge in [0.2, 0.25) is 0 Å². The molecule has 0 heterocycles. The van der Waals surface area contributed by atoms with E-state index in [4.69, 9.17) is 5.14 Å². The summed E-state index contributed by atoms with van der Waals surface area (Å²) >= 11 is 1.11. The zero-order valence-electron chi connectivity index (χ0n) is 4.67. The second-order valence-corrected chi connectivity index (χ2v) is 2.28. The molecule has 0 atom stereocenters. The zero-order valence-corrected chi connectivity index (χ0v) is 5.49. The van der Waals surface area contributed by atoms with E-state index >= 15 is 0 Å². The minimum absolute atomic E-state index is 0.229. The van der Waals surface area contributed by atoms with Crippen LogP contribution in [0.3, 0.4) is 0 Å². The maximum Gasteiger partial charge on any atom is 0.123 e. The Labute approximate surface area is 57.2 Å². The van der Waals surface area contributed by atoms with Crippen LogP contribution in [-0.4, -0.2) is 0 Å². The van der Waals surface area contributed by atoms with Crippen molar-refractivity contribution in [2.45, 2.75) is 4.90 Å². The van der Waals surface area contributed by atoms with Gasteiger partial charge in [0.05, 0.1) is 0 Å². The van der Waals surface area contributed by atoms with Gasteiger partial charge in [-0.3, -0.25) is 5.14 Å². The van der Waals surface area contributed by atoms with Gasteiger partial charge in [0, 0.05) is 4.90 Å². The molecule has 0 aliphatic rings. The Morgan fingerprint density at radius 1 is 1.22 bits per heavy atom. The van der Waals surface area contributed by atoms with Gasteiger partial charge in [0.25, 0.3) is 0 Å². The smallest absolute Gasteiger partial charge is 0.123 e. The van der Waals surface area contributed by atoms with Crippen LogP contribution in [0.4, 0.5) is 4.39 Å². The molecule has 0 aromatic heterocycles. The third kappa shape index (κ3) is 1.69. The van der Waals surface area contributed by atoms with Crippen molar-refractivity contribution in [1.82, 2.24) is 0 Å². The van der Waals surface area contributed by atoms with E-state index < -0.39 is 0 Å². The second-order valence-electron chi connectivity index (χ2n) is 1.57. The molecule has 0 aliphatic heterocycles. The van der Waals surface area contributed by atoms with E-state index in [2.05, 4.69) is 0 Å². The lowest BCUT2D eigenvalue weighted by Gasteiger charge is -1.91. The SMILES string of the molecule is NSc1ccc(F)cc1. The quantitative estimate of drug-likeness (QED) is 0.606. The second kappa shape index (κ2) is 2.85. The lowest BCUT2D eigenvalue weighted by Crippen LogP contribution is -1.78. The van der Waals surface area contributed by atoms with Crippen LogP contribution in [0.1, 0.15) is 0 Å². The molecule has 0 fully saturated rings. The van der Waals surface area contributed by atoms with Crippen molar-refractivity contribution >= 4 is 11.9 Å². The average molecular weight is 143 g/mol. The fourth-order valence-corrected chi connectivity index (χ4v) is 0.806. The van der Waals surface area contributed by atoms with Crippen molar-refractivity contribution in [2.75, 3.05) is 0 Å².